The highest BCUT2D eigenvalue weighted by Gasteiger charge is 2.57. The lowest BCUT2D eigenvalue weighted by Crippen LogP contribution is -2.52. The first-order valence-corrected chi connectivity index (χ1v) is 18.2. The van der Waals surface area contributed by atoms with Gasteiger partial charge in [0.1, 0.15) is 17.2 Å². The van der Waals surface area contributed by atoms with E-state index in [1.165, 1.54) is 47.7 Å². The van der Waals surface area contributed by atoms with Crippen LogP contribution in [0.25, 0.3) is 47.7 Å². The first-order chi connectivity index (χ1) is 24.5. The molecule has 0 bridgehead atoms. The number of thiophene rings is 1. The number of nitrogens with zero attached hydrogens (tertiary/aromatic N) is 3. The Kier molecular flexibility index (Phi) is 5.62. The highest BCUT2D eigenvalue weighted by molar-refractivity contribution is 7.26. The van der Waals surface area contributed by atoms with Crippen molar-refractivity contribution in [3.8, 4) is 11.4 Å². The van der Waals surface area contributed by atoms with E-state index in [0.717, 1.165) is 40.5 Å². The minimum Gasteiger partial charge on any atom is -0.480 e. The van der Waals surface area contributed by atoms with Gasteiger partial charge in [0.15, 0.2) is 0 Å². The number of para-hydroxylation sites is 2. The third-order valence-electron chi connectivity index (χ3n) is 11.4. The summed E-state index contributed by atoms with van der Waals surface area (Å²) < 4.78 is 12.4. The second-order valence-corrected chi connectivity index (χ2v) is 15.4. The molecule has 240 valence electrons. The van der Waals surface area contributed by atoms with E-state index in [-0.39, 0.29) is 11.5 Å². The Balaban J connectivity index is 1.14. The summed E-state index contributed by atoms with van der Waals surface area (Å²) in [6.07, 6.45) is 3.20. The van der Waals surface area contributed by atoms with Crippen molar-refractivity contribution in [3.63, 3.8) is 0 Å². The summed E-state index contributed by atoms with van der Waals surface area (Å²) in [4.78, 5) is 7.88. The van der Waals surface area contributed by atoms with Crippen LogP contribution in [0.1, 0.15) is 37.3 Å². The SMILES string of the molecule is CC12C=C3N=C(c4ccccc4)N(c4ccccc4)C3(C)CC1c1ccc3c4ccccc4n(-c4cccc5c4sc4ccccc45)c3c1O2. The van der Waals surface area contributed by atoms with Crippen molar-refractivity contribution >= 4 is 64.8 Å². The molecule has 8 aromatic rings. The molecule has 0 radical (unpaired) electrons. The summed E-state index contributed by atoms with van der Waals surface area (Å²) in [6, 6.07) is 50.3. The van der Waals surface area contributed by atoms with Crippen LogP contribution >= 0.6 is 11.3 Å². The van der Waals surface area contributed by atoms with Crippen LogP contribution in [0, 0.1) is 0 Å². The zero-order chi connectivity index (χ0) is 33.2. The van der Waals surface area contributed by atoms with Gasteiger partial charge in [-0.2, -0.15) is 0 Å². The third-order valence-corrected chi connectivity index (χ3v) is 12.6. The van der Waals surface area contributed by atoms with Crippen LogP contribution in [0.4, 0.5) is 5.69 Å². The van der Waals surface area contributed by atoms with Crippen molar-refractivity contribution in [2.75, 3.05) is 4.90 Å². The van der Waals surface area contributed by atoms with Gasteiger partial charge in [0, 0.05) is 49.0 Å². The predicted octanol–water partition coefficient (Wildman–Crippen LogP) is 11.4. The van der Waals surface area contributed by atoms with Crippen molar-refractivity contribution in [3.05, 3.63) is 162 Å². The van der Waals surface area contributed by atoms with Crippen molar-refractivity contribution in [1.29, 1.82) is 0 Å². The molecule has 3 aliphatic rings. The van der Waals surface area contributed by atoms with E-state index >= 15 is 0 Å². The van der Waals surface area contributed by atoms with Crippen LogP contribution in [-0.4, -0.2) is 21.5 Å². The number of aromatic nitrogens is 1. The second-order valence-electron chi connectivity index (χ2n) is 14.3. The quantitative estimate of drug-likeness (QED) is 0.188. The zero-order valence-corrected chi connectivity index (χ0v) is 28.6. The minimum absolute atomic E-state index is 0.138. The van der Waals surface area contributed by atoms with Crippen LogP contribution in [0.3, 0.4) is 0 Å². The molecule has 0 fully saturated rings. The Hall–Kier alpha value is -5.65. The van der Waals surface area contributed by atoms with E-state index in [0.29, 0.717) is 0 Å². The van der Waals surface area contributed by atoms with Gasteiger partial charge < -0.3 is 14.2 Å². The molecule has 4 heterocycles. The molecule has 0 amide bonds. The number of rotatable bonds is 3. The first-order valence-electron chi connectivity index (χ1n) is 17.4. The molecule has 5 heteroatoms. The number of hydrogen-bond donors (Lipinski definition) is 0. The predicted molar refractivity (Wildman–Crippen MR) is 208 cm³/mol. The summed E-state index contributed by atoms with van der Waals surface area (Å²) in [6.45, 7) is 4.62. The fourth-order valence-corrected chi connectivity index (χ4v) is 10.3. The Morgan fingerprint density at radius 2 is 1.42 bits per heavy atom. The zero-order valence-electron chi connectivity index (χ0n) is 27.8. The van der Waals surface area contributed by atoms with Gasteiger partial charge in [-0.05, 0) is 56.7 Å². The molecule has 0 spiro atoms. The maximum atomic E-state index is 7.33. The molecule has 1 aliphatic carbocycles. The lowest BCUT2D eigenvalue weighted by molar-refractivity contribution is 0.120. The van der Waals surface area contributed by atoms with Gasteiger partial charge in [-0.3, -0.25) is 0 Å². The first kappa shape index (κ1) is 28.2. The summed E-state index contributed by atoms with van der Waals surface area (Å²) in [5.41, 5.74) is 7.23. The summed E-state index contributed by atoms with van der Waals surface area (Å²) >= 11 is 1.87. The number of ether oxygens (including phenoxy) is 1. The van der Waals surface area contributed by atoms with Crippen LogP contribution in [0.2, 0.25) is 0 Å². The van der Waals surface area contributed by atoms with E-state index in [9.17, 15) is 0 Å². The Bertz CT molecular complexity index is 2760. The van der Waals surface area contributed by atoms with Crippen molar-refractivity contribution in [2.45, 2.75) is 37.3 Å². The molecule has 50 heavy (non-hydrogen) atoms. The molecule has 3 atom stereocenters. The molecule has 0 saturated carbocycles. The summed E-state index contributed by atoms with van der Waals surface area (Å²) in [5, 5.41) is 5.05. The molecule has 0 N–H and O–H groups in total. The van der Waals surface area contributed by atoms with E-state index in [1.54, 1.807) is 0 Å². The number of fused-ring (bicyclic) bond motifs is 11. The molecule has 2 aromatic heterocycles. The van der Waals surface area contributed by atoms with E-state index < -0.39 is 5.60 Å². The van der Waals surface area contributed by atoms with Crippen molar-refractivity contribution < 1.29 is 4.74 Å². The van der Waals surface area contributed by atoms with Gasteiger partial charge >= 0.3 is 0 Å². The monoisotopic (exact) mass is 663 g/mol. The van der Waals surface area contributed by atoms with Crippen LogP contribution in [0.5, 0.6) is 5.75 Å². The lowest BCUT2D eigenvalue weighted by atomic mass is 9.70. The standard InChI is InChI=1S/C45H33N3OS/c1-44-26-35-34-25-24-32-30-18-9-11-21-36(30)47(37-22-13-20-33-31-19-10-12-23-38(31)50-42(33)37)40(32)41(34)49-45(35,2)27-39(44)46-43(28-14-5-3-6-15-28)48(44)29-16-7-4-8-17-29/h3-25,27,35H,26H2,1-2H3. The van der Waals surface area contributed by atoms with Gasteiger partial charge in [0.05, 0.1) is 32.7 Å². The summed E-state index contributed by atoms with van der Waals surface area (Å²) in [5.74, 6) is 2.11. The van der Waals surface area contributed by atoms with Gasteiger partial charge in [-0.1, -0.05) is 109 Å². The van der Waals surface area contributed by atoms with E-state index in [1.807, 2.05) is 11.3 Å². The molecule has 6 aromatic carbocycles. The number of benzene rings is 6. The molecule has 11 rings (SSSR count). The smallest absolute Gasteiger partial charge is 0.148 e. The summed E-state index contributed by atoms with van der Waals surface area (Å²) in [7, 11) is 0. The maximum absolute atomic E-state index is 7.33. The van der Waals surface area contributed by atoms with Crippen LogP contribution in [-0.2, 0) is 0 Å². The largest absolute Gasteiger partial charge is 0.480 e. The highest BCUT2D eigenvalue weighted by Crippen LogP contribution is 2.59. The van der Waals surface area contributed by atoms with Gasteiger partial charge in [0.25, 0.3) is 0 Å². The minimum atomic E-state index is -0.547. The fourth-order valence-electron chi connectivity index (χ4n) is 9.08. The molecule has 0 saturated heterocycles. The van der Waals surface area contributed by atoms with Crippen LogP contribution < -0.4 is 9.64 Å². The third kappa shape index (κ3) is 3.68. The fraction of sp³-hybridized carbons (Fsp3) is 0.133. The molecular weight excluding hydrogens is 631 g/mol. The van der Waals surface area contributed by atoms with Gasteiger partial charge in [-0.15, -0.1) is 11.3 Å². The van der Waals surface area contributed by atoms with Gasteiger partial charge in [0.2, 0.25) is 0 Å². The van der Waals surface area contributed by atoms with E-state index in [2.05, 4.69) is 169 Å². The van der Waals surface area contributed by atoms with Gasteiger partial charge in [-0.25, -0.2) is 4.99 Å². The molecule has 2 aliphatic heterocycles. The Labute approximate surface area is 294 Å². The Morgan fingerprint density at radius 1 is 0.700 bits per heavy atom. The van der Waals surface area contributed by atoms with Crippen LogP contribution in [0.15, 0.2) is 156 Å². The normalized spacial score (nSPS) is 22.4. The number of anilines is 1. The van der Waals surface area contributed by atoms with E-state index in [4.69, 9.17) is 9.73 Å². The molecule has 3 unspecified atom stereocenters. The average Bonchev–Trinajstić information content (AvgIpc) is 3.86. The molecule has 4 nitrogen and oxygen atoms in total. The average molecular weight is 664 g/mol. The highest BCUT2D eigenvalue weighted by atomic mass is 32.1. The number of hydrogen-bond acceptors (Lipinski definition) is 4. The Morgan fingerprint density at radius 3 is 2.26 bits per heavy atom. The number of amidine groups is 1. The molecular formula is C45H33N3OS. The maximum Gasteiger partial charge on any atom is 0.148 e. The number of aliphatic imine (C=N–C) groups is 1. The lowest BCUT2D eigenvalue weighted by Gasteiger charge is -2.45. The second kappa shape index (κ2) is 9.96. The topological polar surface area (TPSA) is 29.8 Å². The van der Waals surface area contributed by atoms with Crippen molar-refractivity contribution in [2.24, 2.45) is 4.99 Å². The van der Waals surface area contributed by atoms with Crippen molar-refractivity contribution in [1.82, 2.24) is 4.57 Å².